The minimum Gasteiger partial charge on any atom is -0.464 e. The fourth-order valence-corrected chi connectivity index (χ4v) is 4.33. The quantitative estimate of drug-likeness (QED) is 0.355. The molecule has 1 saturated heterocycles. The summed E-state index contributed by atoms with van der Waals surface area (Å²) in [5.74, 6) is 1.44. The molecular formula is C21H21ClN2O5S. The Hall–Kier alpha value is -2.26. The van der Waals surface area contributed by atoms with Crippen molar-refractivity contribution in [1.82, 2.24) is 0 Å². The van der Waals surface area contributed by atoms with E-state index >= 15 is 0 Å². The molecular weight excluding hydrogens is 428 g/mol. The van der Waals surface area contributed by atoms with Crippen molar-refractivity contribution in [1.29, 1.82) is 0 Å². The molecule has 1 atom stereocenters. The van der Waals surface area contributed by atoms with E-state index in [1.54, 1.807) is 19.1 Å². The molecule has 0 amide bonds. The third kappa shape index (κ3) is 3.43. The first-order valence-corrected chi connectivity index (χ1v) is 10.5. The number of aryl methyl sites for hydroxylation is 1. The Morgan fingerprint density at radius 1 is 1.13 bits per heavy atom. The largest absolute Gasteiger partial charge is 0.464 e. The van der Waals surface area contributed by atoms with E-state index in [1.165, 1.54) is 0 Å². The van der Waals surface area contributed by atoms with Crippen LogP contribution in [0, 0.1) is 19.3 Å². The molecule has 3 N–H and O–H groups in total. The fraction of sp³-hybridized carbons (Fsp3) is 0.333. The number of nitrogens with one attached hydrogen (secondary N) is 2. The SMILES string of the molecule is Cc1ccc([C@H](Nc2c(Nc3ccc(Cl)c(SO)c3C)c(=O)c2=O)C2(C)COC2)o1. The van der Waals surface area contributed by atoms with Crippen LogP contribution in [0.4, 0.5) is 17.1 Å². The molecule has 3 aromatic rings. The van der Waals surface area contributed by atoms with Gasteiger partial charge in [0, 0.05) is 23.1 Å². The van der Waals surface area contributed by atoms with Crippen LogP contribution in [0.1, 0.15) is 30.0 Å². The number of rotatable bonds is 7. The highest BCUT2D eigenvalue weighted by atomic mass is 35.5. The first kappa shape index (κ1) is 21.0. The molecule has 0 radical (unpaired) electrons. The predicted molar refractivity (Wildman–Crippen MR) is 118 cm³/mol. The van der Waals surface area contributed by atoms with Crippen molar-refractivity contribution in [2.45, 2.75) is 31.7 Å². The first-order valence-electron chi connectivity index (χ1n) is 9.36. The lowest BCUT2D eigenvalue weighted by Gasteiger charge is -2.44. The number of furan rings is 1. The van der Waals surface area contributed by atoms with Crippen LogP contribution >= 0.6 is 23.6 Å². The molecule has 4 rings (SSSR count). The number of halogens is 1. The molecule has 2 heterocycles. The number of hydrogen-bond acceptors (Lipinski definition) is 8. The smallest absolute Gasteiger partial charge is 0.253 e. The predicted octanol–water partition coefficient (Wildman–Crippen LogP) is 4.64. The Morgan fingerprint density at radius 2 is 1.83 bits per heavy atom. The van der Waals surface area contributed by atoms with Crippen LogP contribution in [0.5, 0.6) is 0 Å². The second-order valence-electron chi connectivity index (χ2n) is 7.85. The molecule has 2 aromatic carbocycles. The Labute approximate surface area is 182 Å². The summed E-state index contributed by atoms with van der Waals surface area (Å²) >= 11 is 6.63. The number of ether oxygens (including phenoxy) is 1. The van der Waals surface area contributed by atoms with Gasteiger partial charge < -0.3 is 24.3 Å². The Kier molecular flexibility index (Phi) is 5.44. The minimum atomic E-state index is -0.602. The zero-order chi connectivity index (χ0) is 21.6. The van der Waals surface area contributed by atoms with E-state index in [0.29, 0.717) is 52.2 Å². The van der Waals surface area contributed by atoms with Crippen molar-refractivity contribution in [3.8, 4) is 0 Å². The van der Waals surface area contributed by atoms with Crippen LogP contribution < -0.4 is 21.5 Å². The number of hydrogen-bond donors (Lipinski definition) is 3. The molecule has 9 heteroatoms. The molecule has 7 nitrogen and oxygen atoms in total. The Morgan fingerprint density at radius 3 is 2.40 bits per heavy atom. The van der Waals surface area contributed by atoms with E-state index in [0.717, 1.165) is 5.76 Å². The van der Waals surface area contributed by atoms with Gasteiger partial charge in [-0.3, -0.25) is 9.59 Å². The zero-order valence-electron chi connectivity index (χ0n) is 16.7. The summed E-state index contributed by atoms with van der Waals surface area (Å²) < 4.78 is 20.7. The average Bonchev–Trinajstić information content (AvgIpc) is 3.13. The van der Waals surface area contributed by atoms with E-state index in [-0.39, 0.29) is 22.8 Å². The Bertz CT molecular complexity index is 1180. The van der Waals surface area contributed by atoms with Crippen LogP contribution in [-0.2, 0) is 4.74 Å². The van der Waals surface area contributed by atoms with Crippen LogP contribution in [-0.4, -0.2) is 17.8 Å². The van der Waals surface area contributed by atoms with Crippen molar-refractivity contribution < 1.29 is 13.7 Å². The summed E-state index contributed by atoms with van der Waals surface area (Å²) in [4.78, 5) is 25.2. The maximum Gasteiger partial charge on any atom is 0.253 e. The Balaban J connectivity index is 1.68. The highest BCUT2D eigenvalue weighted by Crippen LogP contribution is 2.43. The molecule has 1 aliphatic rings. The molecule has 0 bridgehead atoms. The van der Waals surface area contributed by atoms with E-state index in [4.69, 9.17) is 20.8 Å². The highest BCUT2D eigenvalue weighted by Gasteiger charge is 2.45. The van der Waals surface area contributed by atoms with Gasteiger partial charge in [-0.1, -0.05) is 18.5 Å². The topological polar surface area (TPSA) is 101 Å². The van der Waals surface area contributed by atoms with E-state index in [1.807, 2.05) is 26.0 Å². The molecule has 0 unspecified atom stereocenters. The summed E-state index contributed by atoms with van der Waals surface area (Å²) in [5, 5.41) is 6.66. The second-order valence-corrected chi connectivity index (χ2v) is 8.84. The third-order valence-corrected chi connectivity index (χ3v) is 6.65. The van der Waals surface area contributed by atoms with Crippen LogP contribution in [0.3, 0.4) is 0 Å². The van der Waals surface area contributed by atoms with Gasteiger partial charge in [-0.15, -0.1) is 0 Å². The van der Waals surface area contributed by atoms with Gasteiger partial charge in [0.15, 0.2) is 0 Å². The normalized spacial score (nSPS) is 16.3. The van der Waals surface area contributed by atoms with Gasteiger partial charge in [0.05, 0.1) is 29.2 Å². The van der Waals surface area contributed by atoms with Crippen molar-refractivity contribution in [3.05, 3.63) is 66.8 Å². The molecule has 30 heavy (non-hydrogen) atoms. The van der Waals surface area contributed by atoms with E-state index in [9.17, 15) is 14.1 Å². The van der Waals surface area contributed by atoms with Gasteiger partial charge in [0.2, 0.25) is 0 Å². The van der Waals surface area contributed by atoms with Crippen molar-refractivity contribution >= 4 is 40.7 Å². The lowest BCUT2D eigenvalue weighted by molar-refractivity contribution is -0.115. The van der Waals surface area contributed by atoms with Crippen molar-refractivity contribution in [3.63, 3.8) is 0 Å². The van der Waals surface area contributed by atoms with E-state index < -0.39 is 10.9 Å². The van der Waals surface area contributed by atoms with Crippen LogP contribution in [0.15, 0.2) is 43.2 Å². The number of anilines is 3. The molecule has 0 spiro atoms. The van der Waals surface area contributed by atoms with E-state index in [2.05, 4.69) is 10.6 Å². The van der Waals surface area contributed by atoms with Gasteiger partial charge in [0.1, 0.15) is 22.9 Å². The molecule has 0 aliphatic carbocycles. The van der Waals surface area contributed by atoms with Gasteiger partial charge in [-0.2, -0.15) is 0 Å². The van der Waals surface area contributed by atoms with Crippen LogP contribution in [0.25, 0.3) is 0 Å². The summed E-state index contributed by atoms with van der Waals surface area (Å²) in [5.41, 5.74) is 0.169. The van der Waals surface area contributed by atoms with Crippen molar-refractivity contribution in [2.75, 3.05) is 23.8 Å². The molecule has 0 saturated carbocycles. The molecule has 1 fully saturated rings. The molecule has 1 aliphatic heterocycles. The van der Waals surface area contributed by atoms with Gasteiger partial charge in [-0.25, -0.2) is 0 Å². The third-order valence-electron chi connectivity index (χ3n) is 5.51. The van der Waals surface area contributed by atoms with Crippen molar-refractivity contribution in [2.24, 2.45) is 5.41 Å². The summed E-state index contributed by atoms with van der Waals surface area (Å²) in [6.07, 6.45) is 0. The molecule has 158 valence electrons. The monoisotopic (exact) mass is 448 g/mol. The summed E-state index contributed by atoms with van der Waals surface area (Å²) in [7, 11) is 0. The van der Waals surface area contributed by atoms with Crippen LogP contribution in [0.2, 0.25) is 5.02 Å². The fourth-order valence-electron chi connectivity index (χ4n) is 3.62. The minimum absolute atomic E-state index is 0.177. The van der Waals surface area contributed by atoms with Gasteiger partial charge in [-0.05, 0) is 43.7 Å². The summed E-state index contributed by atoms with van der Waals surface area (Å²) in [6.45, 7) is 6.68. The van der Waals surface area contributed by atoms with Gasteiger partial charge >= 0.3 is 0 Å². The average molecular weight is 449 g/mol. The lowest BCUT2D eigenvalue weighted by Crippen LogP contribution is -2.49. The highest BCUT2D eigenvalue weighted by molar-refractivity contribution is 7.94. The second kappa shape index (κ2) is 7.77. The first-order chi connectivity index (χ1) is 14.2. The zero-order valence-corrected chi connectivity index (χ0v) is 18.2. The maximum atomic E-state index is 12.4. The molecule has 1 aromatic heterocycles. The standard InChI is InChI=1S/C21H21ClN2O5S/c1-10-4-7-14(29-10)20(21(3)8-28-9-21)24-16-15(17(25)18(16)26)23-13-6-5-12(22)19(30-27)11(13)2/h4-7,20,23-24,27H,8-9H2,1-3H3/t20-/m0/s1. The number of benzene rings is 1. The van der Waals surface area contributed by atoms with Gasteiger partial charge in [0.25, 0.3) is 10.9 Å². The summed E-state index contributed by atoms with van der Waals surface area (Å²) in [6, 6.07) is 6.71. The maximum absolute atomic E-state index is 12.4. The lowest BCUT2D eigenvalue weighted by atomic mass is 9.79.